The highest BCUT2D eigenvalue weighted by Gasteiger charge is 2.32. The Balaban J connectivity index is 1.24. The molecule has 8 aromatic rings. The van der Waals surface area contributed by atoms with Gasteiger partial charge < -0.3 is 9.88 Å². The molecular formula is C41H31N3S. The zero-order valence-corrected chi connectivity index (χ0v) is 25.7. The molecule has 0 fully saturated rings. The largest absolute Gasteiger partial charge is 0.352 e. The highest BCUT2D eigenvalue weighted by atomic mass is 32.1. The fourth-order valence-corrected chi connectivity index (χ4v) is 8.39. The van der Waals surface area contributed by atoms with Gasteiger partial charge >= 0.3 is 0 Å². The van der Waals surface area contributed by atoms with E-state index in [0.717, 1.165) is 5.70 Å². The number of likely N-dealkylation sites (N-methyl/N-ethyl adjacent to an activating group) is 1. The molecule has 0 saturated carbocycles. The first-order chi connectivity index (χ1) is 22.2. The highest BCUT2D eigenvalue weighted by Crippen LogP contribution is 2.43. The fraction of sp³-hybridized carbons (Fsp3) is 0.0732. The van der Waals surface area contributed by atoms with Crippen molar-refractivity contribution in [1.82, 2.24) is 14.8 Å². The Kier molecular flexibility index (Phi) is 6.12. The zero-order chi connectivity index (χ0) is 29.9. The molecule has 1 N–H and O–H groups in total. The molecule has 2 aromatic heterocycles. The van der Waals surface area contributed by atoms with Gasteiger partial charge in [0, 0.05) is 36.6 Å². The van der Waals surface area contributed by atoms with E-state index in [1.807, 2.05) is 11.3 Å². The molecule has 1 aliphatic heterocycles. The minimum absolute atomic E-state index is 0.102. The first-order valence-electron chi connectivity index (χ1n) is 15.5. The van der Waals surface area contributed by atoms with Crippen LogP contribution in [0.1, 0.15) is 23.5 Å². The van der Waals surface area contributed by atoms with Crippen molar-refractivity contribution in [2.24, 2.45) is 0 Å². The van der Waals surface area contributed by atoms with Crippen LogP contribution in [0.15, 0.2) is 152 Å². The van der Waals surface area contributed by atoms with Crippen LogP contribution in [0, 0.1) is 0 Å². The van der Waals surface area contributed by atoms with Gasteiger partial charge in [-0.1, -0.05) is 121 Å². The number of thiophene rings is 1. The lowest BCUT2D eigenvalue weighted by atomic mass is 9.99. The van der Waals surface area contributed by atoms with Crippen LogP contribution in [0.5, 0.6) is 0 Å². The monoisotopic (exact) mass is 597 g/mol. The summed E-state index contributed by atoms with van der Waals surface area (Å²) in [7, 11) is 2.23. The van der Waals surface area contributed by atoms with Gasteiger partial charge in [-0.3, -0.25) is 4.90 Å². The predicted molar refractivity (Wildman–Crippen MR) is 191 cm³/mol. The molecule has 0 aliphatic carbocycles. The van der Waals surface area contributed by atoms with Crippen LogP contribution in [0.25, 0.3) is 58.8 Å². The first-order valence-corrected chi connectivity index (χ1v) is 16.3. The van der Waals surface area contributed by atoms with E-state index in [4.69, 9.17) is 0 Å². The summed E-state index contributed by atoms with van der Waals surface area (Å²) in [6.07, 6.45) is 2.26. The van der Waals surface area contributed by atoms with Crippen molar-refractivity contribution in [3.8, 4) is 11.1 Å². The number of rotatable bonds is 4. The molecule has 4 heteroatoms. The molecule has 6 aromatic carbocycles. The van der Waals surface area contributed by atoms with Gasteiger partial charge in [0.05, 0.1) is 17.1 Å². The maximum atomic E-state index is 3.94. The minimum atomic E-state index is -0.102. The summed E-state index contributed by atoms with van der Waals surface area (Å²) in [6.45, 7) is 0. The number of hydrogen-bond donors (Lipinski definition) is 1. The van der Waals surface area contributed by atoms with Crippen molar-refractivity contribution in [2.45, 2.75) is 12.3 Å². The summed E-state index contributed by atoms with van der Waals surface area (Å²) >= 11 is 1.89. The van der Waals surface area contributed by atoms with Gasteiger partial charge in [0.1, 0.15) is 0 Å². The van der Waals surface area contributed by atoms with E-state index in [1.165, 1.54) is 64.2 Å². The van der Waals surface area contributed by atoms with Crippen LogP contribution in [0.4, 0.5) is 0 Å². The third-order valence-corrected chi connectivity index (χ3v) is 10.5. The van der Waals surface area contributed by atoms with Crippen LogP contribution < -0.4 is 5.32 Å². The summed E-state index contributed by atoms with van der Waals surface area (Å²) in [5.74, 6) is 0. The summed E-state index contributed by atoms with van der Waals surface area (Å²) in [4.78, 5) is 2.44. The topological polar surface area (TPSA) is 20.2 Å². The summed E-state index contributed by atoms with van der Waals surface area (Å²) in [5.41, 5.74) is 8.59. The molecule has 3 heterocycles. The van der Waals surface area contributed by atoms with Crippen molar-refractivity contribution in [1.29, 1.82) is 0 Å². The Morgan fingerprint density at radius 1 is 0.578 bits per heavy atom. The van der Waals surface area contributed by atoms with Crippen LogP contribution in [-0.4, -0.2) is 16.5 Å². The average molecular weight is 598 g/mol. The minimum Gasteiger partial charge on any atom is -0.352 e. The molecule has 2 unspecified atom stereocenters. The SMILES string of the molecule is CN1C(c2ccccc2)C=C(c2ccccc2)NC1n1c2ccccc2c2cc(-c3cccc4c3sc3ccccc34)ccc21. The number of nitrogens with zero attached hydrogens (tertiary/aromatic N) is 2. The van der Waals surface area contributed by atoms with Crippen LogP contribution >= 0.6 is 11.3 Å². The zero-order valence-electron chi connectivity index (χ0n) is 24.9. The van der Waals surface area contributed by atoms with Crippen molar-refractivity contribution in [3.63, 3.8) is 0 Å². The Morgan fingerprint density at radius 3 is 2.11 bits per heavy atom. The average Bonchev–Trinajstić information content (AvgIpc) is 3.65. The lowest BCUT2D eigenvalue weighted by molar-refractivity contribution is 0.124. The van der Waals surface area contributed by atoms with E-state index >= 15 is 0 Å². The second-order valence-corrected chi connectivity index (χ2v) is 12.9. The fourth-order valence-electron chi connectivity index (χ4n) is 7.15. The third kappa shape index (κ3) is 4.21. The van der Waals surface area contributed by atoms with Gasteiger partial charge in [0.25, 0.3) is 0 Å². The molecule has 0 bridgehead atoms. The van der Waals surface area contributed by atoms with Gasteiger partial charge in [-0.05, 0) is 59.6 Å². The first kappa shape index (κ1) is 26.3. The van der Waals surface area contributed by atoms with E-state index in [0.29, 0.717) is 0 Å². The van der Waals surface area contributed by atoms with E-state index in [9.17, 15) is 0 Å². The van der Waals surface area contributed by atoms with Crippen LogP contribution in [0.3, 0.4) is 0 Å². The van der Waals surface area contributed by atoms with Gasteiger partial charge in [0.15, 0.2) is 6.29 Å². The number of benzene rings is 6. The molecule has 9 rings (SSSR count). The second-order valence-electron chi connectivity index (χ2n) is 11.9. The van der Waals surface area contributed by atoms with Crippen molar-refractivity contribution in [3.05, 3.63) is 163 Å². The molecular weight excluding hydrogens is 567 g/mol. The Labute approximate surface area is 266 Å². The van der Waals surface area contributed by atoms with Crippen LogP contribution in [-0.2, 0) is 0 Å². The van der Waals surface area contributed by atoms with E-state index < -0.39 is 0 Å². The molecule has 0 amide bonds. The molecule has 0 saturated heterocycles. The second kappa shape index (κ2) is 10.5. The number of hydrogen-bond acceptors (Lipinski definition) is 3. The lowest BCUT2D eigenvalue weighted by Gasteiger charge is -2.41. The molecule has 0 radical (unpaired) electrons. The van der Waals surface area contributed by atoms with Crippen LogP contribution in [0.2, 0.25) is 0 Å². The molecule has 3 nitrogen and oxygen atoms in total. The Morgan fingerprint density at radius 2 is 1.27 bits per heavy atom. The number of aromatic nitrogens is 1. The summed E-state index contributed by atoms with van der Waals surface area (Å²) in [6, 6.07) is 53.0. The number of para-hydroxylation sites is 1. The van der Waals surface area contributed by atoms with Crippen molar-refractivity contribution < 1.29 is 0 Å². The van der Waals surface area contributed by atoms with E-state index in [1.54, 1.807) is 0 Å². The summed E-state index contributed by atoms with van der Waals surface area (Å²) in [5, 5.41) is 9.14. The Hall–Kier alpha value is -5.16. The quantitative estimate of drug-likeness (QED) is 0.218. The molecule has 216 valence electrons. The summed E-state index contributed by atoms with van der Waals surface area (Å²) < 4.78 is 5.17. The van der Waals surface area contributed by atoms with E-state index in [2.05, 4.69) is 174 Å². The van der Waals surface area contributed by atoms with Crippen molar-refractivity contribution >= 4 is 59.0 Å². The number of fused-ring (bicyclic) bond motifs is 6. The highest BCUT2D eigenvalue weighted by molar-refractivity contribution is 7.26. The third-order valence-electron chi connectivity index (χ3n) is 9.33. The maximum absolute atomic E-state index is 3.94. The van der Waals surface area contributed by atoms with Gasteiger partial charge in [-0.15, -0.1) is 11.3 Å². The van der Waals surface area contributed by atoms with E-state index in [-0.39, 0.29) is 12.3 Å². The predicted octanol–water partition coefficient (Wildman–Crippen LogP) is 10.6. The lowest BCUT2D eigenvalue weighted by Crippen LogP contribution is -2.44. The molecule has 1 aliphatic rings. The molecule has 2 atom stereocenters. The maximum Gasteiger partial charge on any atom is 0.162 e. The smallest absolute Gasteiger partial charge is 0.162 e. The van der Waals surface area contributed by atoms with Gasteiger partial charge in [-0.25, -0.2) is 0 Å². The van der Waals surface area contributed by atoms with Gasteiger partial charge in [0.2, 0.25) is 0 Å². The normalized spacial score (nSPS) is 17.2. The molecule has 0 spiro atoms. The molecule has 45 heavy (non-hydrogen) atoms. The van der Waals surface area contributed by atoms with Crippen molar-refractivity contribution in [2.75, 3.05) is 7.05 Å². The van der Waals surface area contributed by atoms with Gasteiger partial charge in [-0.2, -0.15) is 0 Å². The number of nitrogens with one attached hydrogen (secondary N) is 1. The standard InChI is InChI=1S/C41H31N3S/c1-43-38(28-15-6-3-7-16-28)26-35(27-13-4-2-5-14-27)42-41(43)44-36-21-10-8-17-31(36)34-25-29(23-24-37(34)44)30-19-12-20-33-32-18-9-11-22-39(32)45-40(30)33/h2-26,38,41-42H,1H3. The Bertz CT molecular complexity index is 2380.